The van der Waals surface area contributed by atoms with Crippen LogP contribution in [0.1, 0.15) is 16.7 Å². The van der Waals surface area contributed by atoms with Crippen LogP contribution in [0.4, 0.5) is 0 Å². The molecule has 2 rings (SSSR count). The number of benzene rings is 2. The van der Waals surface area contributed by atoms with E-state index in [0.717, 1.165) is 22.4 Å². The van der Waals surface area contributed by atoms with Crippen molar-refractivity contribution in [3.05, 3.63) is 59.2 Å². The molecule has 0 heterocycles. The van der Waals surface area contributed by atoms with Crippen LogP contribution in [0.2, 0.25) is 0 Å². The zero-order chi connectivity index (χ0) is 14.4. The van der Waals surface area contributed by atoms with Crippen molar-refractivity contribution in [2.75, 3.05) is 6.61 Å². The fourth-order valence-electron chi connectivity index (χ4n) is 1.78. The van der Waals surface area contributed by atoms with Crippen molar-refractivity contribution in [1.82, 2.24) is 0 Å². The lowest BCUT2D eigenvalue weighted by atomic mass is 10.1. The molecule has 0 aliphatic heterocycles. The minimum Gasteiger partial charge on any atom is -0.508 e. The summed E-state index contributed by atoms with van der Waals surface area (Å²) in [5.74, 6) is 6.52. The zero-order valence-electron chi connectivity index (χ0n) is 11.3. The van der Waals surface area contributed by atoms with E-state index < -0.39 is 0 Å². The maximum absolute atomic E-state index is 9.22. The summed E-state index contributed by atoms with van der Waals surface area (Å²) in [4.78, 5) is 0. The number of rotatable bonds is 3. The Kier molecular flexibility index (Phi) is 4.65. The first-order chi connectivity index (χ1) is 9.69. The third kappa shape index (κ3) is 3.78. The minimum absolute atomic E-state index is 0.141. The number of phenols is 1. The summed E-state index contributed by atoms with van der Waals surface area (Å²) in [7, 11) is 0. The molecule has 2 aromatic rings. The molecule has 20 heavy (non-hydrogen) atoms. The van der Waals surface area contributed by atoms with Crippen LogP contribution in [0.25, 0.3) is 0 Å². The molecule has 0 saturated carbocycles. The smallest absolute Gasteiger partial charge is 0.122 e. The van der Waals surface area contributed by atoms with Gasteiger partial charge in [-0.15, -0.1) is 0 Å². The van der Waals surface area contributed by atoms with Gasteiger partial charge in [0.15, 0.2) is 0 Å². The summed E-state index contributed by atoms with van der Waals surface area (Å²) in [6.07, 6.45) is 0. The first-order valence-electron chi connectivity index (χ1n) is 6.30. The Morgan fingerprint density at radius 1 is 1.10 bits per heavy atom. The molecule has 0 spiro atoms. The lowest BCUT2D eigenvalue weighted by molar-refractivity contribution is 0.304. The number of hydrogen-bond acceptors (Lipinski definition) is 3. The Morgan fingerprint density at radius 3 is 2.50 bits per heavy atom. The van der Waals surface area contributed by atoms with Gasteiger partial charge in [0, 0.05) is 5.56 Å². The van der Waals surface area contributed by atoms with Gasteiger partial charge in [-0.25, -0.2) is 0 Å². The van der Waals surface area contributed by atoms with Crippen molar-refractivity contribution < 1.29 is 14.9 Å². The van der Waals surface area contributed by atoms with E-state index in [4.69, 9.17) is 9.84 Å². The van der Waals surface area contributed by atoms with Gasteiger partial charge in [0.2, 0.25) is 0 Å². The number of aliphatic hydroxyl groups is 1. The number of aliphatic hydroxyl groups excluding tert-OH is 1. The van der Waals surface area contributed by atoms with Gasteiger partial charge >= 0.3 is 0 Å². The molecule has 0 unspecified atom stereocenters. The van der Waals surface area contributed by atoms with Crippen LogP contribution in [0, 0.1) is 18.8 Å². The fraction of sp³-hybridized carbons (Fsp3) is 0.176. The Hall–Kier alpha value is -2.44. The molecule has 0 aromatic heterocycles. The monoisotopic (exact) mass is 268 g/mol. The van der Waals surface area contributed by atoms with Crippen molar-refractivity contribution in [3.8, 4) is 23.3 Å². The maximum atomic E-state index is 9.22. The molecule has 3 heteroatoms. The second-order valence-corrected chi connectivity index (χ2v) is 4.40. The highest BCUT2D eigenvalue weighted by atomic mass is 16.5. The second kappa shape index (κ2) is 6.65. The highest BCUT2D eigenvalue weighted by molar-refractivity contribution is 5.43. The van der Waals surface area contributed by atoms with Gasteiger partial charge in [0.05, 0.1) is 0 Å². The summed E-state index contributed by atoms with van der Waals surface area (Å²) in [5, 5.41) is 17.9. The molecule has 0 saturated heterocycles. The average molecular weight is 268 g/mol. The van der Waals surface area contributed by atoms with E-state index in [1.807, 2.05) is 37.3 Å². The highest BCUT2D eigenvalue weighted by Gasteiger charge is 2.01. The summed E-state index contributed by atoms with van der Waals surface area (Å²) < 4.78 is 5.74. The molecule has 102 valence electrons. The van der Waals surface area contributed by atoms with Crippen LogP contribution >= 0.6 is 0 Å². The summed E-state index contributed by atoms with van der Waals surface area (Å²) in [6, 6.07) is 12.6. The van der Waals surface area contributed by atoms with Crippen molar-refractivity contribution >= 4 is 0 Å². The first-order valence-corrected chi connectivity index (χ1v) is 6.30. The van der Waals surface area contributed by atoms with E-state index in [0.29, 0.717) is 6.61 Å². The van der Waals surface area contributed by atoms with E-state index in [1.165, 1.54) is 0 Å². The van der Waals surface area contributed by atoms with Crippen LogP contribution in [-0.4, -0.2) is 16.8 Å². The number of ether oxygens (including phenoxy) is 1. The lowest BCUT2D eigenvalue weighted by Crippen LogP contribution is -1.97. The Morgan fingerprint density at radius 2 is 1.85 bits per heavy atom. The van der Waals surface area contributed by atoms with Gasteiger partial charge in [-0.3, -0.25) is 0 Å². The number of hydrogen-bond donors (Lipinski definition) is 2. The van der Waals surface area contributed by atoms with Gasteiger partial charge in [-0.2, -0.15) is 0 Å². The van der Waals surface area contributed by atoms with E-state index in [-0.39, 0.29) is 12.4 Å². The molecule has 2 aromatic carbocycles. The molecule has 0 atom stereocenters. The average Bonchev–Trinajstić information content (AvgIpc) is 2.46. The largest absolute Gasteiger partial charge is 0.508 e. The highest BCUT2D eigenvalue weighted by Crippen LogP contribution is 2.20. The van der Waals surface area contributed by atoms with Crippen LogP contribution < -0.4 is 4.74 Å². The van der Waals surface area contributed by atoms with Crippen molar-refractivity contribution in [1.29, 1.82) is 0 Å². The number of aromatic hydroxyl groups is 1. The lowest BCUT2D eigenvalue weighted by Gasteiger charge is -2.09. The van der Waals surface area contributed by atoms with Gasteiger partial charge in [0.1, 0.15) is 24.7 Å². The van der Waals surface area contributed by atoms with Crippen molar-refractivity contribution in [2.24, 2.45) is 0 Å². The van der Waals surface area contributed by atoms with Gasteiger partial charge in [0.25, 0.3) is 0 Å². The third-order valence-corrected chi connectivity index (χ3v) is 2.82. The van der Waals surface area contributed by atoms with Crippen molar-refractivity contribution in [3.63, 3.8) is 0 Å². The normalized spacial score (nSPS) is 9.70. The number of phenolic OH excluding ortho intramolecular Hbond substituents is 1. The van der Waals surface area contributed by atoms with Gasteiger partial charge < -0.3 is 14.9 Å². The molecule has 2 N–H and O–H groups in total. The molecule has 3 nitrogen and oxygen atoms in total. The standard InChI is InChI=1S/C17H16O3/c1-13-11-14(3-2-10-18)6-9-17(13)20-12-15-4-7-16(19)8-5-15/h4-9,11,18-19H,10,12H2,1H3. The van der Waals surface area contributed by atoms with Gasteiger partial charge in [-0.05, 0) is 48.4 Å². The van der Waals surface area contributed by atoms with Crippen LogP contribution in [0.5, 0.6) is 11.5 Å². The Labute approximate surface area is 118 Å². The van der Waals surface area contributed by atoms with Gasteiger partial charge in [-0.1, -0.05) is 24.0 Å². The van der Waals surface area contributed by atoms with Crippen molar-refractivity contribution in [2.45, 2.75) is 13.5 Å². The van der Waals surface area contributed by atoms with Crippen LogP contribution in [0.15, 0.2) is 42.5 Å². The fourth-order valence-corrected chi connectivity index (χ4v) is 1.78. The van der Waals surface area contributed by atoms with E-state index in [9.17, 15) is 5.11 Å². The second-order valence-electron chi connectivity index (χ2n) is 4.40. The van der Waals surface area contributed by atoms with E-state index in [2.05, 4.69) is 11.8 Å². The SMILES string of the molecule is Cc1cc(C#CCO)ccc1OCc1ccc(O)cc1. The molecular formula is C17H16O3. The molecule has 0 fully saturated rings. The minimum atomic E-state index is -0.141. The molecule has 0 radical (unpaired) electrons. The van der Waals surface area contributed by atoms with E-state index >= 15 is 0 Å². The topological polar surface area (TPSA) is 49.7 Å². The number of aryl methyl sites for hydroxylation is 1. The van der Waals surface area contributed by atoms with E-state index in [1.54, 1.807) is 12.1 Å². The summed E-state index contributed by atoms with van der Waals surface area (Å²) >= 11 is 0. The maximum Gasteiger partial charge on any atom is 0.122 e. The summed E-state index contributed by atoms with van der Waals surface area (Å²) in [5.41, 5.74) is 2.84. The molecule has 0 bridgehead atoms. The zero-order valence-corrected chi connectivity index (χ0v) is 11.3. The molecule has 0 aliphatic carbocycles. The molecule has 0 aliphatic rings. The predicted molar refractivity (Wildman–Crippen MR) is 77.6 cm³/mol. The van der Waals surface area contributed by atoms with Crippen LogP contribution in [0.3, 0.4) is 0 Å². The molecule has 0 amide bonds. The third-order valence-electron chi connectivity index (χ3n) is 2.82. The first kappa shape index (κ1) is 14.0. The predicted octanol–water partition coefficient (Wildman–Crippen LogP) is 2.62. The Balaban J connectivity index is 2.04. The summed E-state index contributed by atoms with van der Waals surface area (Å²) in [6.45, 7) is 2.26. The quantitative estimate of drug-likeness (QED) is 0.841. The molecular weight excluding hydrogens is 252 g/mol. The van der Waals surface area contributed by atoms with Crippen LogP contribution in [-0.2, 0) is 6.61 Å². The Bertz CT molecular complexity index is 634.